The van der Waals surface area contributed by atoms with Crippen molar-refractivity contribution in [2.75, 3.05) is 16.8 Å². The first-order valence-electron chi connectivity index (χ1n) is 6.48. The van der Waals surface area contributed by atoms with Crippen molar-refractivity contribution in [3.05, 3.63) is 30.1 Å². The smallest absolute Gasteiger partial charge is 0.237 e. The van der Waals surface area contributed by atoms with Gasteiger partial charge in [-0.1, -0.05) is 18.7 Å². The molecule has 1 aromatic carbocycles. The van der Waals surface area contributed by atoms with Crippen LogP contribution in [0.25, 0.3) is 0 Å². The fourth-order valence-electron chi connectivity index (χ4n) is 1.65. The number of hydrogen-bond acceptors (Lipinski definition) is 7. The molecular weight excluding hydrogens is 307 g/mol. The summed E-state index contributed by atoms with van der Waals surface area (Å²) in [4.78, 5) is 23.8. The highest BCUT2D eigenvalue weighted by molar-refractivity contribution is 8.00. The monoisotopic (exact) mass is 322 g/mol. The Bertz CT molecular complexity index is 646. The van der Waals surface area contributed by atoms with E-state index in [1.54, 1.807) is 0 Å². The van der Waals surface area contributed by atoms with Crippen LogP contribution in [0.15, 0.2) is 29.4 Å². The number of nitrogens with two attached hydrogens (primary N) is 2. The molecule has 0 aliphatic heterocycles. The molecular formula is C13H15FN6OS. The van der Waals surface area contributed by atoms with Crippen LogP contribution in [0, 0.1) is 5.82 Å². The Hall–Kier alpha value is -2.42. The lowest BCUT2D eigenvalue weighted by Gasteiger charge is -2.14. The molecule has 0 saturated heterocycles. The number of amides is 1. The van der Waals surface area contributed by atoms with Crippen LogP contribution in [0.3, 0.4) is 0 Å². The zero-order valence-electron chi connectivity index (χ0n) is 11.8. The van der Waals surface area contributed by atoms with Gasteiger partial charge in [-0.2, -0.15) is 15.0 Å². The van der Waals surface area contributed by atoms with Gasteiger partial charge in [-0.15, -0.1) is 0 Å². The van der Waals surface area contributed by atoms with E-state index in [0.29, 0.717) is 12.1 Å². The molecule has 0 spiro atoms. The van der Waals surface area contributed by atoms with E-state index in [1.165, 1.54) is 24.3 Å². The van der Waals surface area contributed by atoms with Gasteiger partial charge in [0.25, 0.3) is 0 Å². The molecule has 1 amide bonds. The fourth-order valence-corrected chi connectivity index (χ4v) is 2.53. The number of carbonyl (C=O) groups excluding carboxylic acids is 1. The van der Waals surface area contributed by atoms with E-state index in [-0.39, 0.29) is 28.8 Å². The quantitative estimate of drug-likeness (QED) is 0.716. The lowest BCUT2D eigenvalue weighted by Crippen LogP contribution is -2.25. The molecule has 0 radical (unpaired) electrons. The van der Waals surface area contributed by atoms with Crippen molar-refractivity contribution in [3.8, 4) is 0 Å². The van der Waals surface area contributed by atoms with E-state index >= 15 is 0 Å². The van der Waals surface area contributed by atoms with E-state index in [0.717, 1.165) is 11.8 Å². The van der Waals surface area contributed by atoms with Crippen LogP contribution >= 0.6 is 11.8 Å². The molecule has 116 valence electrons. The maximum atomic E-state index is 12.8. The minimum atomic E-state index is -0.439. The van der Waals surface area contributed by atoms with Gasteiger partial charge in [0.2, 0.25) is 17.8 Å². The zero-order chi connectivity index (χ0) is 16.1. The summed E-state index contributed by atoms with van der Waals surface area (Å²) in [5.41, 5.74) is 11.5. The normalized spacial score (nSPS) is 11.9. The van der Waals surface area contributed by atoms with Crippen molar-refractivity contribution >= 4 is 35.3 Å². The van der Waals surface area contributed by atoms with Crippen molar-refractivity contribution in [1.29, 1.82) is 0 Å². The van der Waals surface area contributed by atoms with Crippen molar-refractivity contribution < 1.29 is 9.18 Å². The summed E-state index contributed by atoms with van der Waals surface area (Å²) >= 11 is 1.14. The van der Waals surface area contributed by atoms with Gasteiger partial charge in [-0.3, -0.25) is 4.79 Å². The van der Waals surface area contributed by atoms with Gasteiger partial charge in [0, 0.05) is 5.69 Å². The molecule has 5 N–H and O–H groups in total. The second-order valence-electron chi connectivity index (χ2n) is 4.35. The predicted molar refractivity (Wildman–Crippen MR) is 83.6 cm³/mol. The van der Waals surface area contributed by atoms with Crippen LogP contribution in [0.2, 0.25) is 0 Å². The summed E-state index contributed by atoms with van der Waals surface area (Å²) in [5.74, 6) is -0.597. The number of anilines is 3. The Morgan fingerprint density at radius 3 is 2.36 bits per heavy atom. The topological polar surface area (TPSA) is 120 Å². The summed E-state index contributed by atoms with van der Waals surface area (Å²) in [5, 5.41) is 2.55. The first-order chi connectivity index (χ1) is 10.5. The Kier molecular flexibility index (Phi) is 5.10. The number of hydrogen-bond donors (Lipinski definition) is 3. The minimum absolute atomic E-state index is 0.00351. The standard InChI is InChI=1S/C13H15FN6OS/c1-2-9(22-13-19-11(15)18-12(16)20-13)10(21)17-8-5-3-7(14)4-6-8/h3-6,9H,2H2,1H3,(H,17,21)(H4,15,16,18,19,20). The van der Waals surface area contributed by atoms with Crippen molar-refractivity contribution in [2.24, 2.45) is 0 Å². The predicted octanol–water partition coefficient (Wildman–Crippen LogP) is 1.68. The Morgan fingerprint density at radius 1 is 1.23 bits per heavy atom. The summed E-state index contributed by atoms with van der Waals surface area (Å²) in [6.07, 6.45) is 0.545. The molecule has 9 heteroatoms. The van der Waals surface area contributed by atoms with Crippen molar-refractivity contribution in [2.45, 2.75) is 23.8 Å². The second kappa shape index (κ2) is 7.03. The second-order valence-corrected chi connectivity index (χ2v) is 5.52. The summed E-state index contributed by atoms with van der Waals surface area (Å²) in [7, 11) is 0. The lowest BCUT2D eigenvalue weighted by atomic mass is 10.2. The molecule has 1 atom stereocenters. The van der Waals surface area contributed by atoms with Crippen LogP contribution in [0.5, 0.6) is 0 Å². The number of aromatic nitrogens is 3. The average molecular weight is 322 g/mol. The van der Waals surface area contributed by atoms with Gasteiger partial charge < -0.3 is 16.8 Å². The van der Waals surface area contributed by atoms with Crippen LogP contribution in [0.1, 0.15) is 13.3 Å². The number of nitrogens with zero attached hydrogens (tertiary/aromatic N) is 3. The summed E-state index contributed by atoms with van der Waals surface area (Å²) in [6.45, 7) is 1.86. The molecule has 0 aliphatic carbocycles. The highest BCUT2D eigenvalue weighted by Gasteiger charge is 2.20. The van der Waals surface area contributed by atoms with Gasteiger partial charge in [0.15, 0.2) is 5.16 Å². The molecule has 22 heavy (non-hydrogen) atoms. The van der Waals surface area contributed by atoms with E-state index < -0.39 is 5.25 Å². The molecule has 2 rings (SSSR count). The van der Waals surface area contributed by atoms with Crippen molar-refractivity contribution in [3.63, 3.8) is 0 Å². The average Bonchev–Trinajstić information content (AvgIpc) is 2.46. The number of rotatable bonds is 5. The maximum Gasteiger partial charge on any atom is 0.237 e. The number of halogens is 1. The molecule has 7 nitrogen and oxygen atoms in total. The number of benzene rings is 1. The van der Waals surface area contributed by atoms with Crippen LogP contribution in [0.4, 0.5) is 22.0 Å². The Balaban J connectivity index is 2.06. The van der Waals surface area contributed by atoms with Gasteiger partial charge >= 0.3 is 0 Å². The summed E-state index contributed by atoms with van der Waals surface area (Å²) in [6, 6.07) is 5.53. The van der Waals surface area contributed by atoms with Gasteiger partial charge in [-0.25, -0.2) is 4.39 Å². The number of thioether (sulfide) groups is 1. The number of carbonyl (C=O) groups is 1. The molecule has 1 heterocycles. The fraction of sp³-hybridized carbons (Fsp3) is 0.231. The molecule has 0 aliphatic rings. The highest BCUT2D eigenvalue weighted by Crippen LogP contribution is 2.24. The molecule has 0 bridgehead atoms. The van der Waals surface area contributed by atoms with Crippen LogP contribution in [-0.4, -0.2) is 26.1 Å². The van der Waals surface area contributed by atoms with E-state index in [2.05, 4.69) is 20.3 Å². The third-order valence-corrected chi connectivity index (χ3v) is 3.90. The molecule has 0 fully saturated rings. The van der Waals surface area contributed by atoms with E-state index in [9.17, 15) is 9.18 Å². The van der Waals surface area contributed by atoms with Gasteiger partial charge in [-0.05, 0) is 30.7 Å². The van der Waals surface area contributed by atoms with E-state index in [1.807, 2.05) is 6.92 Å². The first-order valence-corrected chi connectivity index (χ1v) is 7.36. The van der Waals surface area contributed by atoms with Crippen molar-refractivity contribution in [1.82, 2.24) is 15.0 Å². The molecule has 2 aromatic rings. The van der Waals surface area contributed by atoms with Gasteiger partial charge in [0.1, 0.15) is 5.82 Å². The third-order valence-electron chi connectivity index (χ3n) is 2.67. The first kappa shape index (κ1) is 16.0. The molecule has 1 unspecified atom stereocenters. The number of nitrogens with one attached hydrogen (secondary N) is 1. The van der Waals surface area contributed by atoms with Crippen LogP contribution < -0.4 is 16.8 Å². The third kappa shape index (κ3) is 4.29. The van der Waals surface area contributed by atoms with E-state index in [4.69, 9.17) is 11.5 Å². The summed E-state index contributed by atoms with van der Waals surface area (Å²) < 4.78 is 12.8. The number of nitrogen functional groups attached to an aromatic ring is 2. The lowest BCUT2D eigenvalue weighted by molar-refractivity contribution is -0.115. The Morgan fingerprint density at radius 2 is 1.82 bits per heavy atom. The zero-order valence-corrected chi connectivity index (χ0v) is 12.6. The van der Waals surface area contributed by atoms with Gasteiger partial charge in [0.05, 0.1) is 5.25 Å². The maximum absolute atomic E-state index is 12.8. The molecule has 0 saturated carbocycles. The van der Waals surface area contributed by atoms with Crippen LogP contribution in [-0.2, 0) is 4.79 Å². The molecule has 1 aromatic heterocycles. The highest BCUT2D eigenvalue weighted by atomic mass is 32.2. The largest absolute Gasteiger partial charge is 0.368 e. The minimum Gasteiger partial charge on any atom is -0.368 e. The SMILES string of the molecule is CCC(Sc1nc(N)nc(N)n1)C(=O)Nc1ccc(F)cc1. The Labute approximate surface area is 130 Å².